The summed E-state index contributed by atoms with van der Waals surface area (Å²) < 4.78 is 33.7. The number of para-hydroxylation sites is 1. The summed E-state index contributed by atoms with van der Waals surface area (Å²) in [4.78, 5) is 12.4. The summed E-state index contributed by atoms with van der Waals surface area (Å²) in [6, 6.07) is 9.53. The topological polar surface area (TPSA) is 95.9 Å². The van der Waals surface area contributed by atoms with Gasteiger partial charge in [-0.2, -0.15) is 0 Å². The van der Waals surface area contributed by atoms with E-state index in [2.05, 4.69) is 4.72 Å². The Labute approximate surface area is 169 Å². The highest BCUT2D eigenvalue weighted by molar-refractivity contribution is 7.92. The number of hydrogen-bond acceptors (Lipinski definition) is 5. The summed E-state index contributed by atoms with van der Waals surface area (Å²) in [6.45, 7) is 1.97. The first-order valence-corrected chi connectivity index (χ1v) is 10.4. The zero-order valence-corrected chi connectivity index (χ0v) is 17.5. The highest BCUT2D eigenvalue weighted by atomic mass is 35.5. The van der Waals surface area contributed by atoms with Crippen LogP contribution in [0.1, 0.15) is 18.4 Å². The van der Waals surface area contributed by atoms with Crippen LogP contribution in [-0.4, -0.2) is 40.2 Å². The predicted octanol–water partition coefficient (Wildman–Crippen LogP) is 3.76. The van der Waals surface area contributed by atoms with Gasteiger partial charge in [-0.05, 0) is 49.2 Å². The summed E-state index contributed by atoms with van der Waals surface area (Å²) in [5.41, 5.74) is 1.59. The number of aliphatic carboxylic acids is 1. The number of nitrogens with one attached hydrogen (secondary N) is 1. The molecule has 0 aliphatic heterocycles. The first-order chi connectivity index (χ1) is 13.1. The molecule has 0 heterocycles. The van der Waals surface area contributed by atoms with Crippen molar-refractivity contribution in [2.45, 2.75) is 24.7 Å². The number of hydrogen-bond donors (Lipinski definition) is 2. The first-order valence-electron chi connectivity index (χ1n) is 8.55. The highest BCUT2D eigenvalue weighted by Gasteiger charge is 2.19. The maximum Gasteiger partial charge on any atom is 0.303 e. The SMILES string of the molecule is Cc1cc(S(=O)(=O)Nc2cccc(Cl)c2N(C)C)ccc1OCCCC(=O)O. The number of ether oxygens (including phenoxy) is 1. The number of halogens is 1. The Kier molecular flexibility index (Phi) is 7.15. The van der Waals surface area contributed by atoms with Crippen LogP contribution in [0.25, 0.3) is 0 Å². The van der Waals surface area contributed by atoms with Gasteiger partial charge in [-0.25, -0.2) is 8.42 Å². The van der Waals surface area contributed by atoms with Gasteiger partial charge in [0.25, 0.3) is 10.0 Å². The molecule has 28 heavy (non-hydrogen) atoms. The third-order valence-electron chi connectivity index (χ3n) is 3.93. The van der Waals surface area contributed by atoms with Crippen molar-refractivity contribution < 1.29 is 23.1 Å². The maximum absolute atomic E-state index is 12.8. The Balaban J connectivity index is 2.20. The third kappa shape index (κ3) is 5.53. The molecule has 0 aromatic heterocycles. The van der Waals surface area contributed by atoms with Crippen molar-refractivity contribution in [3.05, 3.63) is 47.0 Å². The second kappa shape index (κ2) is 9.16. The van der Waals surface area contributed by atoms with Crippen LogP contribution in [0.3, 0.4) is 0 Å². The van der Waals surface area contributed by atoms with Crippen molar-refractivity contribution in [3.8, 4) is 5.75 Å². The summed E-state index contributed by atoms with van der Waals surface area (Å²) in [5.74, 6) is -0.368. The van der Waals surface area contributed by atoms with Gasteiger partial charge in [0.05, 0.1) is 27.9 Å². The van der Waals surface area contributed by atoms with Crippen LogP contribution < -0.4 is 14.4 Å². The number of carboxylic acids is 1. The molecule has 7 nitrogen and oxygen atoms in total. The highest BCUT2D eigenvalue weighted by Crippen LogP contribution is 2.34. The van der Waals surface area contributed by atoms with E-state index in [0.717, 1.165) is 0 Å². The molecular weight excluding hydrogens is 404 g/mol. The second-order valence-corrected chi connectivity index (χ2v) is 8.50. The molecule has 0 saturated heterocycles. The number of anilines is 2. The summed E-state index contributed by atoms with van der Waals surface area (Å²) in [7, 11) is -0.275. The number of carboxylic acid groups (broad SMARTS) is 1. The molecular formula is C19H23ClN2O5S. The molecule has 0 aliphatic carbocycles. The van der Waals surface area contributed by atoms with Gasteiger partial charge in [0.1, 0.15) is 5.75 Å². The van der Waals surface area contributed by atoms with E-state index in [1.54, 1.807) is 50.2 Å². The second-order valence-electron chi connectivity index (χ2n) is 6.41. The molecule has 2 N–H and O–H groups in total. The van der Waals surface area contributed by atoms with E-state index < -0.39 is 16.0 Å². The number of rotatable bonds is 9. The molecule has 0 unspecified atom stereocenters. The summed E-state index contributed by atoms with van der Waals surface area (Å²) in [5, 5.41) is 9.08. The molecule has 2 aromatic carbocycles. The van der Waals surface area contributed by atoms with Crippen LogP contribution in [0.4, 0.5) is 11.4 Å². The smallest absolute Gasteiger partial charge is 0.303 e. The van der Waals surface area contributed by atoms with Crippen LogP contribution >= 0.6 is 11.6 Å². The van der Waals surface area contributed by atoms with E-state index in [4.69, 9.17) is 21.4 Å². The largest absolute Gasteiger partial charge is 0.493 e. The van der Waals surface area contributed by atoms with Crippen LogP contribution in [0.15, 0.2) is 41.3 Å². The third-order valence-corrected chi connectivity index (χ3v) is 5.60. The lowest BCUT2D eigenvalue weighted by molar-refractivity contribution is -0.137. The van der Waals surface area contributed by atoms with Gasteiger partial charge >= 0.3 is 5.97 Å². The van der Waals surface area contributed by atoms with Crippen molar-refractivity contribution in [1.29, 1.82) is 0 Å². The van der Waals surface area contributed by atoms with E-state index in [1.807, 2.05) is 0 Å². The standard InChI is InChI=1S/C19H23ClN2O5S/c1-13-12-14(9-10-17(13)27-11-5-8-18(23)24)28(25,26)21-16-7-4-6-15(20)19(16)22(2)3/h4,6-7,9-10,12,21H,5,8,11H2,1-3H3,(H,23,24). The van der Waals surface area contributed by atoms with Gasteiger partial charge in [0.15, 0.2) is 0 Å². The lowest BCUT2D eigenvalue weighted by Crippen LogP contribution is -2.17. The molecule has 0 saturated carbocycles. The lowest BCUT2D eigenvalue weighted by Gasteiger charge is -2.20. The zero-order chi connectivity index (χ0) is 20.9. The number of carbonyl (C=O) groups is 1. The minimum absolute atomic E-state index is 0.0171. The number of aryl methyl sites for hydroxylation is 1. The van der Waals surface area contributed by atoms with Gasteiger partial charge in [0.2, 0.25) is 0 Å². The first kappa shape index (κ1) is 21.8. The quantitative estimate of drug-likeness (QED) is 0.592. The summed E-state index contributed by atoms with van der Waals surface area (Å²) >= 11 is 6.20. The van der Waals surface area contributed by atoms with E-state index in [1.165, 1.54) is 12.1 Å². The molecule has 0 aliphatic rings. The van der Waals surface area contributed by atoms with Crippen molar-refractivity contribution in [1.82, 2.24) is 0 Å². The van der Waals surface area contributed by atoms with Crippen molar-refractivity contribution >= 4 is 39.0 Å². The number of nitrogens with zero attached hydrogens (tertiary/aromatic N) is 1. The van der Waals surface area contributed by atoms with Gasteiger partial charge in [-0.3, -0.25) is 9.52 Å². The normalized spacial score (nSPS) is 11.1. The van der Waals surface area contributed by atoms with Crippen molar-refractivity contribution in [2.75, 3.05) is 30.3 Å². The molecule has 2 rings (SSSR count). The fourth-order valence-corrected chi connectivity index (χ4v) is 4.11. The Morgan fingerprint density at radius 1 is 1.25 bits per heavy atom. The number of sulfonamides is 1. The van der Waals surface area contributed by atoms with Crippen molar-refractivity contribution in [3.63, 3.8) is 0 Å². The molecule has 2 aromatic rings. The lowest BCUT2D eigenvalue weighted by atomic mass is 10.2. The molecule has 0 spiro atoms. The van der Waals surface area contributed by atoms with E-state index >= 15 is 0 Å². The van der Waals surface area contributed by atoms with Gasteiger partial charge in [0, 0.05) is 20.5 Å². The van der Waals surface area contributed by atoms with Gasteiger partial charge in [-0.15, -0.1) is 0 Å². The van der Waals surface area contributed by atoms with Crippen LogP contribution in [-0.2, 0) is 14.8 Å². The molecule has 0 amide bonds. The van der Waals surface area contributed by atoms with Crippen LogP contribution in [0.5, 0.6) is 5.75 Å². The maximum atomic E-state index is 12.8. The minimum atomic E-state index is -3.83. The average molecular weight is 427 g/mol. The molecule has 152 valence electrons. The Hall–Kier alpha value is -2.45. The van der Waals surface area contributed by atoms with Gasteiger partial charge in [-0.1, -0.05) is 17.7 Å². The fourth-order valence-electron chi connectivity index (χ4n) is 2.61. The van der Waals surface area contributed by atoms with Crippen LogP contribution in [0.2, 0.25) is 5.02 Å². The number of benzene rings is 2. The van der Waals surface area contributed by atoms with Crippen LogP contribution in [0, 0.1) is 6.92 Å². The predicted molar refractivity (Wildman–Crippen MR) is 110 cm³/mol. The fraction of sp³-hybridized carbons (Fsp3) is 0.316. The molecule has 0 atom stereocenters. The van der Waals surface area contributed by atoms with Gasteiger partial charge < -0.3 is 14.7 Å². The average Bonchev–Trinajstić information content (AvgIpc) is 2.58. The zero-order valence-electron chi connectivity index (χ0n) is 15.9. The summed E-state index contributed by atoms with van der Waals surface area (Å²) in [6.07, 6.45) is 0.391. The Morgan fingerprint density at radius 2 is 1.96 bits per heavy atom. The minimum Gasteiger partial charge on any atom is -0.493 e. The molecule has 0 fully saturated rings. The Morgan fingerprint density at radius 3 is 2.57 bits per heavy atom. The molecule has 0 bridgehead atoms. The van der Waals surface area contributed by atoms with E-state index in [0.29, 0.717) is 34.1 Å². The van der Waals surface area contributed by atoms with E-state index in [-0.39, 0.29) is 17.9 Å². The van der Waals surface area contributed by atoms with Crippen molar-refractivity contribution in [2.24, 2.45) is 0 Å². The Bertz CT molecular complexity index is 961. The molecule has 9 heteroatoms. The molecule has 0 radical (unpaired) electrons. The van der Waals surface area contributed by atoms with E-state index in [9.17, 15) is 13.2 Å². The monoisotopic (exact) mass is 426 g/mol.